The van der Waals surface area contributed by atoms with E-state index >= 15 is 0 Å². The molecule has 8 nitrogen and oxygen atoms in total. The van der Waals surface area contributed by atoms with Gasteiger partial charge in [-0.3, -0.25) is 14.5 Å². The van der Waals surface area contributed by atoms with Crippen LogP contribution in [0.5, 0.6) is 5.75 Å². The van der Waals surface area contributed by atoms with Crippen LogP contribution in [0.3, 0.4) is 0 Å². The number of hydrogen-bond donors (Lipinski definition) is 1. The molecule has 8 heteroatoms. The van der Waals surface area contributed by atoms with Crippen molar-refractivity contribution in [1.29, 1.82) is 0 Å². The molecular formula is C23H23N3O5. The summed E-state index contributed by atoms with van der Waals surface area (Å²) in [6.45, 7) is 0.702. The van der Waals surface area contributed by atoms with Gasteiger partial charge in [0.1, 0.15) is 17.5 Å². The minimum absolute atomic E-state index is 0.0708. The molecule has 31 heavy (non-hydrogen) atoms. The lowest BCUT2D eigenvalue weighted by atomic mass is 10.1. The molecule has 0 spiro atoms. The molecule has 0 radical (unpaired) electrons. The number of nitrogens with zero attached hydrogens (tertiary/aromatic N) is 2. The fourth-order valence-corrected chi connectivity index (χ4v) is 4.16. The molecule has 4 heterocycles. The van der Waals surface area contributed by atoms with Gasteiger partial charge in [-0.25, -0.2) is 4.98 Å². The molecule has 2 amide bonds. The summed E-state index contributed by atoms with van der Waals surface area (Å²) in [6, 6.07) is 10.5. The Morgan fingerprint density at radius 3 is 2.65 bits per heavy atom. The zero-order valence-corrected chi connectivity index (χ0v) is 17.2. The van der Waals surface area contributed by atoms with E-state index in [0.717, 1.165) is 24.6 Å². The van der Waals surface area contributed by atoms with Gasteiger partial charge in [-0.1, -0.05) is 12.1 Å². The van der Waals surface area contributed by atoms with Crippen LogP contribution in [-0.2, 0) is 9.47 Å². The van der Waals surface area contributed by atoms with E-state index in [2.05, 4.69) is 9.97 Å². The van der Waals surface area contributed by atoms with Crippen molar-refractivity contribution in [2.75, 3.05) is 20.3 Å². The smallest absolute Gasteiger partial charge is 0.261 e. The maximum Gasteiger partial charge on any atom is 0.261 e. The fraction of sp³-hybridized carbons (Fsp3) is 0.348. The number of carbonyl (C=O) groups is 2. The number of methoxy groups -OCH3 is 1. The minimum Gasteiger partial charge on any atom is -0.496 e. The van der Waals surface area contributed by atoms with Gasteiger partial charge >= 0.3 is 0 Å². The van der Waals surface area contributed by atoms with Gasteiger partial charge in [-0.2, -0.15) is 0 Å². The van der Waals surface area contributed by atoms with Crippen LogP contribution in [0.15, 0.2) is 42.6 Å². The summed E-state index contributed by atoms with van der Waals surface area (Å²) in [5.41, 5.74) is 2.19. The number of H-pyrrole nitrogens is 1. The Balaban J connectivity index is 1.48. The largest absolute Gasteiger partial charge is 0.496 e. The fourth-order valence-electron chi connectivity index (χ4n) is 4.16. The molecule has 5 rings (SSSR count). The second-order valence-corrected chi connectivity index (χ2v) is 7.69. The predicted molar refractivity (Wildman–Crippen MR) is 112 cm³/mol. The monoisotopic (exact) mass is 421 g/mol. The van der Waals surface area contributed by atoms with Crippen molar-refractivity contribution in [2.24, 2.45) is 0 Å². The molecule has 1 N–H and O–H groups in total. The van der Waals surface area contributed by atoms with Crippen molar-refractivity contribution in [3.05, 3.63) is 59.4 Å². The third-order valence-electron chi connectivity index (χ3n) is 5.76. The van der Waals surface area contributed by atoms with Gasteiger partial charge < -0.3 is 19.2 Å². The third kappa shape index (κ3) is 3.58. The van der Waals surface area contributed by atoms with Gasteiger partial charge in [-0.05, 0) is 43.5 Å². The van der Waals surface area contributed by atoms with Gasteiger partial charge in [0.15, 0.2) is 6.29 Å². The van der Waals surface area contributed by atoms with E-state index in [1.54, 1.807) is 43.6 Å². The number of nitrogens with one attached hydrogen (secondary N) is 1. The van der Waals surface area contributed by atoms with E-state index in [9.17, 15) is 9.59 Å². The summed E-state index contributed by atoms with van der Waals surface area (Å²) in [5, 5.41) is 0.806. The summed E-state index contributed by atoms with van der Waals surface area (Å²) >= 11 is 0. The number of imide groups is 1. The van der Waals surface area contributed by atoms with Crippen LogP contribution in [0.1, 0.15) is 51.8 Å². The van der Waals surface area contributed by atoms with Crippen molar-refractivity contribution < 1.29 is 23.8 Å². The van der Waals surface area contributed by atoms with Crippen LogP contribution in [0, 0.1) is 0 Å². The summed E-state index contributed by atoms with van der Waals surface area (Å²) in [4.78, 5) is 34.7. The SMILES string of the molecule is COc1ccnc2[nH]c([C@H](CN3C(=O)c4ccccc4C3=O)O[C@@H]3CCCCO3)cc12. The van der Waals surface area contributed by atoms with Crippen LogP contribution >= 0.6 is 0 Å². The molecular weight excluding hydrogens is 398 g/mol. The van der Waals surface area contributed by atoms with E-state index in [0.29, 0.717) is 34.8 Å². The molecule has 0 aliphatic carbocycles. The lowest BCUT2D eigenvalue weighted by Crippen LogP contribution is -2.36. The lowest BCUT2D eigenvalue weighted by molar-refractivity contribution is -0.191. The minimum atomic E-state index is -0.593. The normalized spacial score (nSPS) is 19.6. The quantitative estimate of drug-likeness (QED) is 0.613. The van der Waals surface area contributed by atoms with Crippen LogP contribution in [0.25, 0.3) is 11.0 Å². The first-order chi connectivity index (χ1) is 15.2. The van der Waals surface area contributed by atoms with E-state index in [1.165, 1.54) is 4.90 Å². The maximum atomic E-state index is 12.9. The molecule has 0 bridgehead atoms. The zero-order valence-electron chi connectivity index (χ0n) is 17.2. The van der Waals surface area contributed by atoms with Crippen LogP contribution < -0.4 is 4.74 Å². The van der Waals surface area contributed by atoms with Crippen LogP contribution in [0.2, 0.25) is 0 Å². The Hall–Kier alpha value is -3.23. The van der Waals surface area contributed by atoms with Crippen LogP contribution in [0.4, 0.5) is 0 Å². The Bertz CT molecular complexity index is 1100. The number of benzene rings is 1. The first-order valence-corrected chi connectivity index (χ1v) is 10.4. The van der Waals surface area contributed by atoms with Gasteiger partial charge in [0.05, 0.1) is 30.2 Å². The van der Waals surface area contributed by atoms with Crippen LogP contribution in [-0.4, -0.2) is 53.2 Å². The summed E-state index contributed by atoms with van der Waals surface area (Å²) < 4.78 is 17.5. The highest BCUT2D eigenvalue weighted by molar-refractivity contribution is 6.21. The number of rotatable bonds is 6. The number of amides is 2. The molecule has 1 fully saturated rings. The molecule has 2 aromatic heterocycles. The Morgan fingerprint density at radius 2 is 1.97 bits per heavy atom. The average Bonchev–Trinajstić information content (AvgIpc) is 3.35. The van der Waals surface area contributed by atoms with E-state index in [-0.39, 0.29) is 18.4 Å². The molecule has 0 saturated carbocycles. The second kappa shape index (κ2) is 8.13. The average molecular weight is 421 g/mol. The number of hydrogen-bond acceptors (Lipinski definition) is 6. The maximum absolute atomic E-state index is 12.9. The molecule has 3 aromatic rings. The van der Waals surface area contributed by atoms with Crippen molar-refractivity contribution >= 4 is 22.8 Å². The van der Waals surface area contributed by atoms with Crippen molar-refractivity contribution in [3.63, 3.8) is 0 Å². The summed E-state index contributed by atoms with van der Waals surface area (Å²) in [6.07, 6.45) is 3.44. The lowest BCUT2D eigenvalue weighted by Gasteiger charge is -2.29. The highest BCUT2D eigenvalue weighted by Gasteiger charge is 2.38. The first kappa shape index (κ1) is 19.7. The Labute approximate surface area is 179 Å². The van der Waals surface area contributed by atoms with Crippen molar-refractivity contribution in [2.45, 2.75) is 31.7 Å². The van der Waals surface area contributed by atoms with Crippen molar-refractivity contribution in [1.82, 2.24) is 14.9 Å². The molecule has 2 atom stereocenters. The van der Waals surface area contributed by atoms with Gasteiger partial charge in [-0.15, -0.1) is 0 Å². The second-order valence-electron chi connectivity index (χ2n) is 7.69. The number of fused-ring (bicyclic) bond motifs is 2. The third-order valence-corrected chi connectivity index (χ3v) is 5.76. The molecule has 1 saturated heterocycles. The van der Waals surface area contributed by atoms with Gasteiger partial charge in [0, 0.05) is 18.5 Å². The highest BCUT2D eigenvalue weighted by atomic mass is 16.7. The first-order valence-electron chi connectivity index (χ1n) is 10.4. The van der Waals surface area contributed by atoms with E-state index in [1.807, 2.05) is 6.07 Å². The van der Waals surface area contributed by atoms with Gasteiger partial charge in [0.2, 0.25) is 0 Å². The molecule has 1 aromatic carbocycles. The molecule has 2 aliphatic heterocycles. The Kier molecular flexibility index (Phi) is 5.17. The topological polar surface area (TPSA) is 93.8 Å². The molecule has 0 unspecified atom stereocenters. The zero-order chi connectivity index (χ0) is 21.4. The van der Waals surface area contributed by atoms with E-state index in [4.69, 9.17) is 14.2 Å². The number of pyridine rings is 1. The summed E-state index contributed by atoms with van der Waals surface area (Å²) in [7, 11) is 1.60. The number of aromatic amines is 1. The molecule has 2 aliphatic rings. The Morgan fingerprint density at radius 1 is 1.19 bits per heavy atom. The number of ether oxygens (including phenoxy) is 3. The van der Waals surface area contributed by atoms with E-state index < -0.39 is 12.4 Å². The number of carbonyl (C=O) groups excluding carboxylic acids is 2. The number of aromatic nitrogens is 2. The van der Waals surface area contributed by atoms with Gasteiger partial charge in [0.25, 0.3) is 11.8 Å². The molecule has 160 valence electrons. The van der Waals surface area contributed by atoms with Crippen molar-refractivity contribution in [3.8, 4) is 5.75 Å². The standard InChI is InChI=1S/C23H23N3O5/c1-29-18-9-10-24-21-16(18)12-17(25-21)19(31-20-8-4-5-11-30-20)13-26-22(27)14-6-2-3-7-15(14)23(26)28/h2-3,6-7,9-10,12,19-20H,4-5,8,11,13H2,1H3,(H,24,25)/t19-,20+/m0/s1. The predicted octanol–water partition coefficient (Wildman–Crippen LogP) is 3.45. The summed E-state index contributed by atoms with van der Waals surface area (Å²) in [5.74, 6) is 0.0528. The highest BCUT2D eigenvalue weighted by Crippen LogP contribution is 2.32.